The first-order valence-corrected chi connectivity index (χ1v) is 13.2. The molecule has 0 saturated carbocycles. The number of fused-ring (bicyclic) bond motifs is 2. The molecule has 3 N–H and O–H groups in total. The summed E-state index contributed by atoms with van der Waals surface area (Å²) in [4.78, 5) is 26.1. The van der Waals surface area contributed by atoms with Gasteiger partial charge in [-0.05, 0) is 51.3 Å². The molecule has 0 unspecified atom stereocenters. The van der Waals surface area contributed by atoms with Crippen LogP contribution < -0.4 is 25.5 Å². The average molecular weight is 550 g/mol. The summed E-state index contributed by atoms with van der Waals surface area (Å²) in [5.74, 6) is -0.415. The van der Waals surface area contributed by atoms with E-state index in [9.17, 15) is 20.0 Å². The largest absolute Gasteiger partial charge is 0.739 e. The van der Waals surface area contributed by atoms with Gasteiger partial charge < -0.3 is 30.4 Å². The second-order valence-corrected chi connectivity index (χ2v) is 10.6. The molecule has 1 atom stereocenters. The highest BCUT2D eigenvalue weighted by molar-refractivity contribution is 5.88. The number of alkyl carbamates (subject to hydrolysis) is 1. The fraction of sp³-hybridized carbons (Fsp3) is 0.393. The molecule has 40 heavy (non-hydrogen) atoms. The summed E-state index contributed by atoms with van der Waals surface area (Å²) < 4.78 is 7.97. The van der Waals surface area contributed by atoms with Gasteiger partial charge in [0.2, 0.25) is 11.0 Å². The molecule has 4 aromatic rings. The summed E-state index contributed by atoms with van der Waals surface area (Å²) in [6.07, 6.45) is 2.78. The average Bonchev–Trinajstić information content (AvgIpc) is 3.22. The summed E-state index contributed by atoms with van der Waals surface area (Å²) in [7, 11) is 1.94. The number of carbonyl (C=O) groups excluding carboxylic acids is 2. The van der Waals surface area contributed by atoms with Crippen LogP contribution in [-0.2, 0) is 23.0 Å². The van der Waals surface area contributed by atoms with Crippen molar-refractivity contribution in [3.63, 3.8) is 0 Å². The molecule has 0 spiro atoms. The summed E-state index contributed by atoms with van der Waals surface area (Å²) in [6.45, 7) is 6.02. The second kappa shape index (κ2) is 12.1. The summed E-state index contributed by atoms with van der Waals surface area (Å²) in [6, 6.07) is 13.5. The molecule has 4 rings (SSSR count). The van der Waals surface area contributed by atoms with Crippen molar-refractivity contribution in [3.05, 3.63) is 70.7 Å². The fourth-order valence-corrected chi connectivity index (χ4v) is 4.45. The van der Waals surface area contributed by atoms with E-state index in [4.69, 9.17) is 4.74 Å². The maximum absolute atomic E-state index is 13.2. The monoisotopic (exact) mass is 549 g/mol. The Bertz CT molecular complexity index is 1510. The highest BCUT2D eigenvalue weighted by Crippen LogP contribution is 2.22. The van der Waals surface area contributed by atoms with Crippen LogP contribution in [0.5, 0.6) is 0 Å². The quantitative estimate of drug-likeness (QED) is 0.156. The normalized spacial score (nSPS) is 12.3. The van der Waals surface area contributed by atoms with Crippen molar-refractivity contribution >= 4 is 39.9 Å². The van der Waals surface area contributed by atoms with E-state index in [-0.39, 0.29) is 22.9 Å². The van der Waals surface area contributed by atoms with Crippen LogP contribution in [0.3, 0.4) is 0 Å². The molecule has 2 aromatic heterocycles. The van der Waals surface area contributed by atoms with Crippen LogP contribution >= 0.6 is 0 Å². The number of carbonyl (C=O) groups is 2. The molecule has 12 nitrogen and oxygen atoms in total. The molecule has 0 saturated heterocycles. The first-order valence-electron chi connectivity index (χ1n) is 13.2. The minimum absolute atomic E-state index is 0.0885. The van der Waals surface area contributed by atoms with Crippen molar-refractivity contribution in [2.45, 2.75) is 51.7 Å². The molecule has 2 aromatic carbocycles. The number of amides is 2. The highest BCUT2D eigenvalue weighted by Gasteiger charge is 2.26. The first-order chi connectivity index (χ1) is 19.0. The van der Waals surface area contributed by atoms with Crippen molar-refractivity contribution in [2.75, 3.05) is 18.4 Å². The lowest BCUT2D eigenvalue weighted by atomic mass is 10.0. The molecular weight excluding hydrogens is 514 g/mol. The SMILES string of the molecule is Cn1cc(C[C@H](NC(=O)OC(C)(C)C)C(=O)NCCCCNc2n[n+]([O-])c3ccccc3[n+]2[O-])c2ccccc21. The molecular formula is C28H35N7O5. The van der Waals surface area contributed by atoms with E-state index in [1.165, 1.54) is 6.07 Å². The predicted molar refractivity (Wildman–Crippen MR) is 150 cm³/mol. The lowest BCUT2D eigenvalue weighted by Crippen LogP contribution is -2.49. The predicted octanol–water partition coefficient (Wildman–Crippen LogP) is 2.44. The standard InChI is InChI=1S/C28H35N7O5/c1-28(2,3)40-27(37)31-21(17-19-18-33(4)22-12-6-5-11-20(19)22)25(36)29-15-9-10-16-30-26-32-35(39)24-14-8-7-13-23(24)34(26)38/h5-8,11-14,18,21H,9-10,15-17H2,1-4H3,(H,29,36)(H,30,32)(H,31,37)/t21-/m0/s1. The van der Waals surface area contributed by atoms with Crippen LogP contribution in [0.15, 0.2) is 54.7 Å². The fourth-order valence-electron chi connectivity index (χ4n) is 4.45. The van der Waals surface area contributed by atoms with E-state index in [0.717, 1.165) is 16.5 Å². The van der Waals surface area contributed by atoms with Crippen molar-refractivity contribution in [3.8, 4) is 0 Å². The zero-order valence-corrected chi connectivity index (χ0v) is 23.1. The molecule has 2 amide bonds. The van der Waals surface area contributed by atoms with Gasteiger partial charge in [0.05, 0.1) is 6.54 Å². The Morgan fingerprint density at radius 3 is 2.45 bits per heavy atom. The number of para-hydroxylation sites is 3. The van der Waals surface area contributed by atoms with Crippen LogP contribution in [0.4, 0.5) is 10.7 Å². The van der Waals surface area contributed by atoms with Crippen LogP contribution in [0.25, 0.3) is 21.9 Å². The Labute approximate surface area is 232 Å². The van der Waals surface area contributed by atoms with Gasteiger partial charge in [0.25, 0.3) is 5.52 Å². The maximum Gasteiger partial charge on any atom is 0.460 e. The van der Waals surface area contributed by atoms with Gasteiger partial charge in [-0.1, -0.05) is 30.3 Å². The zero-order valence-electron chi connectivity index (χ0n) is 23.1. The molecule has 0 aliphatic rings. The van der Waals surface area contributed by atoms with Crippen LogP contribution in [0.1, 0.15) is 39.2 Å². The smallest absolute Gasteiger partial charge is 0.460 e. The molecule has 0 fully saturated rings. The van der Waals surface area contributed by atoms with Gasteiger partial charge in [0.1, 0.15) is 11.6 Å². The van der Waals surface area contributed by atoms with Crippen molar-refractivity contribution in [2.24, 2.45) is 7.05 Å². The minimum atomic E-state index is -0.840. The number of ether oxygens (including phenoxy) is 1. The topological polar surface area (TPSA) is 151 Å². The van der Waals surface area contributed by atoms with Crippen molar-refractivity contribution in [1.82, 2.24) is 20.3 Å². The lowest BCUT2D eigenvalue weighted by molar-refractivity contribution is -0.672. The van der Waals surface area contributed by atoms with Gasteiger partial charge in [-0.2, -0.15) is 0 Å². The van der Waals surface area contributed by atoms with Crippen molar-refractivity contribution < 1.29 is 23.9 Å². The van der Waals surface area contributed by atoms with E-state index < -0.39 is 17.7 Å². The molecule has 0 bridgehead atoms. The molecule has 12 heteroatoms. The maximum atomic E-state index is 13.2. The molecule has 0 aliphatic heterocycles. The Morgan fingerprint density at radius 2 is 1.70 bits per heavy atom. The molecule has 212 valence electrons. The Morgan fingerprint density at radius 1 is 1.02 bits per heavy atom. The number of benzene rings is 2. The first kappa shape index (κ1) is 28.4. The zero-order chi connectivity index (χ0) is 28.9. The van der Waals surface area contributed by atoms with Crippen LogP contribution in [0, 0.1) is 10.4 Å². The Balaban J connectivity index is 1.33. The minimum Gasteiger partial charge on any atom is -0.739 e. The van der Waals surface area contributed by atoms with Gasteiger partial charge in [-0.25, -0.2) is 9.52 Å². The number of nitrogens with one attached hydrogen (secondary N) is 3. The van der Waals surface area contributed by atoms with Crippen molar-refractivity contribution in [1.29, 1.82) is 0 Å². The van der Waals surface area contributed by atoms with Gasteiger partial charge in [0, 0.05) is 48.0 Å². The number of rotatable bonds is 10. The summed E-state index contributed by atoms with van der Waals surface area (Å²) in [5, 5.41) is 37.9. The second-order valence-electron chi connectivity index (χ2n) is 10.6. The van der Waals surface area contributed by atoms with Crippen LogP contribution in [-0.4, -0.2) is 46.4 Å². The van der Waals surface area contributed by atoms with Gasteiger partial charge >= 0.3 is 12.0 Å². The van der Waals surface area contributed by atoms with Crippen LogP contribution in [0.2, 0.25) is 0 Å². The number of anilines is 1. The van der Waals surface area contributed by atoms with E-state index in [1.807, 2.05) is 42.1 Å². The van der Waals surface area contributed by atoms with E-state index >= 15 is 0 Å². The van der Waals surface area contributed by atoms with Gasteiger partial charge in [-0.3, -0.25) is 10.1 Å². The van der Waals surface area contributed by atoms with E-state index in [0.29, 0.717) is 41.9 Å². The number of aromatic nitrogens is 4. The van der Waals surface area contributed by atoms with Gasteiger partial charge in [0.15, 0.2) is 5.52 Å². The summed E-state index contributed by atoms with van der Waals surface area (Å²) >= 11 is 0. The third-order valence-electron chi connectivity index (χ3n) is 6.28. The molecule has 0 radical (unpaired) electrons. The number of unbranched alkanes of at least 4 members (excludes halogenated alkanes) is 1. The number of hydrogen-bond acceptors (Lipinski definition) is 7. The van der Waals surface area contributed by atoms with Gasteiger partial charge in [-0.15, -0.1) is 0 Å². The van der Waals surface area contributed by atoms with E-state index in [2.05, 4.69) is 21.0 Å². The number of nitrogens with zero attached hydrogens (tertiary/aromatic N) is 4. The molecule has 2 heterocycles. The highest BCUT2D eigenvalue weighted by atomic mass is 16.6. The Kier molecular flexibility index (Phi) is 8.56. The number of hydrogen-bond donors (Lipinski definition) is 3. The van der Waals surface area contributed by atoms with E-state index in [1.54, 1.807) is 39.0 Å². The third kappa shape index (κ3) is 6.87. The molecule has 0 aliphatic carbocycles. The third-order valence-corrected chi connectivity index (χ3v) is 6.28. The Hall–Kier alpha value is -4.61. The lowest BCUT2D eigenvalue weighted by Gasteiger charge is -2.23. The number of aryl methyl sites for hydroxylation is 1. The summed E-state index contributed by atoms with van der Waals surface area (Å²) in [5.41, 5.74) is 1.67.